The van der Waals surface area contributed by atoms with Crippen molar-refractivity contribution in [2.24, 2.45) is 0 Å². The van der Waals surface area contributed by atoms with Crippen molar-refractivity contribution in [3.8, 4) is 0 Å². The fourth-order valence-corrected chi connectivity index (χ4v) is 4.53. The molecule has 1 N–H and O–H groups in total. The highest BCUT2D eigenvalue weighted by atomic mass is 16.1. The van der Waals surface area contributed by atoms with Crippen LogP contribution in [0.5, 0.6) is 0 Å². The summed E-state index contributed by atoms with van der Waals surface area (Å²) < 4.78 is 1.92. The minimum atomic E-state index is -0.0476. The first-order valence-electron chi connectivity index (χ1n) is 11.6. The molecule has 0 unspecified atom stereocenters. The SMILES string of the molecule is CC(C)n1ncc2c(C(=O)NCc3ccccc3CN3CCCC3)cc(C3CC3)nc21. The number of nitrogens with zero attached hydrogens (tertiary/aromatic N) is 4. The van der Waals surface area contributed by atoms with E-state index in [0.29, 0.717) is 18.0 Å². The van der Waals surface area contributed by atoms with Gasteiger partial charge < -0.3 is 5.32 Å². The van der Waals surface area contributed by atoms with E-state index >= 15 is 0 Å². The van der Waals surface area contributed by atoms with E-state index in [-0.39, 0.29) is 11.9 Å². The largest absolute Gasteiger partial charge is 0.348 e. The predicted molar refractivity (Wildman–Crippen MR) is 122 cm³/mol. The summed E-state index contributed by atoms with van der Waals surface area (Å²) in [5.74, 6) is 0.432. The summed E-state index contributed by atoms with van der Waals surface area (Å²) >= 11 is 0. The molecular formula is C25H31N5O. The normalized spacial score (nSPS) is 17.0. The minimum Gasteiger partial charge on any atom is -0.348 e. The Labute approximate surface area is 183 Å². The summed E-state index contributed by atoms with van der Waals surface area (Å²) in [6.07, 6.45) is 6.66. The third-order valence-corrected chi connectivity index (χ3v) is 6.47. The molecule has 1 saturated carbocycles. The van der Waals surface area contributed by atoms with E-state index < -0.39 is 0 Å². The van der Waals surface area contributed by atoms with Crippen LogP contribution in [0.4, 0.5) is 0 Å². The van der Waals surface area contributed by atoms with Gasteiger partial charge in [-0.1, -0.05) is 24.3 Å². The van der Waals surface area contributed by atoms with Crippen LogP contribution in [0.2, 0.25) is 0 Å². The van der Waals surface area contributed by atoms with Gasteiger partial charge in [0.25, 0.3) is 5.91 Å². The highest BCUT2D eigenvalue weighted by Crippen LogP contribution is 2.40. The molecular weight excluding hydrogens is 386 g/mol. The number of rotatable bonds is 7. The molecule has 2 aliphatic rings. The van der Waals surface area contributed by atoms with Gasteiger partial charge in [-0.05, 0) is 69.8 Å². The Balaban J connectivity index is 1.39. The number of likely N-dealkylation sites (tertiary alicyclic amines) is 1. The summed E-state index contributed by atoms with van der Waals surface area (Å²) in [5, 5.41) is 8.53. The van der Waals surface area contributed by atoms with E-state index in [9.17, 15) is 4.79 Å². The number of pyridine rings is 1. The Hall–Kier alpha value is -2.73. The van der Waals surface area contributed by atoms with Crippen LogP contribution in [0.15, 0.2) is 36.5 Å². The summed E-state index contributed by atoms with van der Waals surface area (Å²) in [7, 11) is 0. The topological polar surface area (TPSA) is 63.1 Å². The molecule has 0 atom stereocenters. The second-order valence-electron chi connectivity index (χ2n) is 9.22. The molecule has 1 aromatic carbocycles. The van der Waals surface area contributed by atoms with Gasteiger partial charge in [0.15, 0.2) is 5.65 Å². The zero-order valence-electron chi connectivity index (χ0n) is 18.5. The van der Waals surface area contributed by atoms with Crippen LogP contribution in [0.25, 0.3) is 11.0 Å². The van der Waals surface area contributed by atoms with Crippen molar-refractivity contribution in [1.29, 1.82) is 0 Å². The quantitative estimate of drug-likeness (QED) is 0.618. The summed E-state index contributed by atoms with van der Waals surface area (Å²) in [4.78, 5) is 20.6. The second-order valence-corrected chi connectivity index (χ2v) is 9.22. The predicted octanol–water partition coefficient (Wildman–Crippen LogP) is 4.42. The number of benzene rings is 1. The van der Waals surface area contributed by atoms with Crippen molar-refractivity contribution < 1.29 is 4.79 Å². The van der Waals surface area contributed by atoms with Crippen LogP contribution in [0.1, 0.15) is 78.7 Å². The maximum atomic E-state index is 13.3. The standard InChI is InChI=1S/C25H31N5O/c1-17(2)30-24-22(15-27-30)21(13-23(28-24)18-9-10-18)25(31)26-14-19-7-3-4-8-20(19)16-29-11-5-6-12-29/h3-4,7-8,13,15,17-18H,5-6,9-12,14,16H2,1-2H3,(H,26,31). The third kappa shape index (κ3) is 4.22. The maximum absolute atomic E-state index is 13.3. The molecule has 1 aliphatic heterocycles. The van der Waals surface area contributed by atoms with Crippen LogP contribution in [0.3, 0.4) is 0 Å². The van der Waals surface area contributed by atoms with E-state index in [4.69, 9.17) is 4.98 Å². The van der Waals surface area contributed by atoms with E-state index in [1.165, 1.54) is 37.1 Å². The molecule has 1 saturated heterocycles. The van der Waals surface area contributed by atoms with Crippen molar-refractivity contribution in [2.75, 3.05) is 13.1 Å². The van der Waals surface area contributed by atoms with Crippen molar-refractivity contribution in [3.05, 3.63) is 58.9 Å². The fraction of sp³-hybridized carbons (Fsp3) is 0.480. The molecule has 5 rings (SSSR count). The van der Waals surface area contributed by atoms with E-state index in [2.05, 4.69) is 53.4 Å². The van der Waals surface area contributed by atoms with Crippen LogP contribution < -0.4 is 5.32 Å². The number of nitrogens with one attached hydrogen (secondary N) is 1. The Bertz CT molecular complexity index is 1090. The second kappa shape index (κ2) is 8.42. The van der Waals surface area contributed by atoms with Crippen LogP contribution >= 0.6 is 0 Å². The van der Waals surface area contributed by atoms with Gasteiger partial charge in [0.05, 0.1) is 17.1 Å². The lowest BCUT2D eigenvalue weighted by atomic mass is 10.1. The minimum absolute atomic E-state index is 0.0476. The van der Waals surface area contributed by atoms with Crippen molar-refractivity contribution in [1.82, 2.24) is 25.0 Å². The van der Waals surface area contributed by atoms with E-state index in [1.54, 1.807) is 6.20 Å². The lowest BCUT2D eigenvalue weighted by molar-refractivity contribution is 0.0952. The average molecular weight is 418 g/mol. The molecule has 162 valence electrons. The Morgan fingerprint density at radius 2 is 1.90 bits per heavy atom. The first-order valence-corrected chi connectivity index (χ1v) is 11.6. The van der Waals surface area contributed by atoms with Gasteiger partial charge in [-0.2, -0.15) is 5.10 Å². The van der Waals surface area contributed by atoms with Gasteiger partial charge >= 0.3 is 0 Å². The molecule has 31 heavy (non-hydrogen) atoms. The molecule has 6 nitrogen and oxygen atoms in total. The van der Waals surface area contributed by atoms with Gasteiger partial charge in [-0.15, -0.1) is 0 Å². The zero-order valence-corrected chi connectivity index (χ0v) is 18.5. The van der Waals surface area contributed by atoms with Gasteiger partial charge in [0.2, 0.25) is 0 Å². The maximum Gasteiger partial charge on any atom is 0.252 e. The van der Waals surface area contributed by atoms with E-state index in [1.807, 2.05) is 10.7 Å². The molecule has 2 fully saturated rings. The molecule has 0 radical (unpaired) electrons. The molecule has 0 spiro atoms. The van der Waals surface area contributed by atoms with Crippen molar-refractivity contribution >= 4 is 16.9 Å². The highest BCUT2D eigenvalue weighted by Gasteiger charge is 2.28. The number of fused-ring (bicyclic) bond motifs is 1. The number of hydrogen-bond donors (Lipinski definition) is 1. The van der Waals surface area contributed by atoms with Crippen LogP contribution in [0, 0.1) is 0 Å². The number of carbonyl (C=O) groups excluding carboxylic acids is 1. The van der Waals surface area contributed by atoms with Crippen molar-refractivity contribution in [2.45, 2.75) is 64.6 Å². The van der Waals surface area contributed by atoms with Gasteiger partial charge in [-0.3, -0.25) is 9.69 Å². The Morgan fingerprint density at radius 3 is 2.61 bits per heavy atom. The van der Waals surface area contributed by atoms with Gasteiger partial charge in [-0.25, -0.2) is 9.67 Å². The molecule has 6 heteroatoms. The summed E-state index contributed by atoms with van der Waals surface area (Å²) in [5.41, 5.74) is 5.02. The van der Waals surface area contributed by atoms with Gasteiger partial charge in [0.1, 0.15) is 0 Å². The Morgan fingerprint density at radius 1 is 1.16 bits per heavy atom. The summed E-state index contributed by atoms with van der Waals surface area (Å²) in [6, 6.07) is 10.6. The smallest absolute Gasteiger partial charge is 0.252 e. The highest BCUT2D eigenvalue weighted by molar-refractivity contribution is 6.05. The number of carbonyl (C=O) groups is 1. The average Bonchev–Trinajstić information content (AvgIpc) is 3.32. The molecule has 0 bridgehead atoms. The van der Waals surface area contributed by atoms with Crippen molar-refractivity contribution in [3.63, 3.8) is 0 Å². The van der Waals surface area contributed by atoms with Crippen LogP contribution in [-0.2, 0) is 13.1 Å². The summed E-state index contributed by atoms with van der Waals surface area (Å²) in [6.45, 7) is 8.01. The Kier molecular flexibility index (Phi) is 5.48. The monoisotopic (exact) mass is 417 g/mol. The number of amides is 1. The third-order valence-electron chi connectivity index (χ3n) is 6.47. The molecule has 3 heterocycles. The lowest BCUT2D eigenvalue weighted by Gasteiger charge is -2.18. The number of aromatic nitrogens is 3. The first-order chi connectivity index (χ1) is 15.1. The first kappa shape index (κ1) is 20.2. The molecule has 3 aromatic rings. The number of hydrogen-bond acceptors (Lipinski definition) is 4. The fourth-order valence-electron chi connectivity index (χ4n) is 4.53. The molecule has 1 amide bonds. The van der Waals surface area contributed by atoms with Gasteiger partial charge in [0, 0.05) is 30.7 Å². The molecule has 2 aromatic heterocycles. The lowest BCUT2D eigenvalue weighted by Crippen LogP contribution is -2.25. The van der Waals surface area contributed by atoms with E-state index in [0.717, 1.165) is 36.1 Å². The molecule has 1 aliphatic carbocycles. The van der Waals surface area contributed by atoms with Crippen LogP contribution in [-0.4, -0.2) is 38.7 Å². The zero-order chi connectivity index (χ0) is 21.4.